The van der Waals surface area contributed by atoms with Crippen LogP contribution in [0.3, 0.4) is 0 Å². The molecule has 8 nitrogen and oxygen atoms in total. The third-order valence-electron chi connectivity index (χ3n) is 3.41. The molecule has 0 saturated heterocycles. The summed E-state index contributed by atoms with van der Waals surface area (Å²) in [5.74, 6) is -0.572. The van der Waals surface area contributed by atoms with Crippen LogP contribution in [0.15, 0.2) is 38.8 Å². The topological polar surface area (TPSA) is 99.2 Å². The van der Waals surface area contributed by atoms with E-state index in [9.17, 15) is 26.4 Å². The van der Waals surface area contributed by atoms with E-state index in [1.807, 2.05) is 0 Å². The van der Waals surface area contributed by atoms with Crippen LogP contribution in [0.1, 0.15) is 12.6 Å². The lowest BCUT2D eigenvalue weighted by Crippen LogP contribution is -2.23. The van der Waals surface area contributed by atoms with Crippen LogP contribution >= 0.6 is 15.9 Å². The molecule has 3 aromatic rings. The van der Waals surface area contributed by atoms with E-state index in [2.05, 4.69) is 31.0 Å². The molecule has 0 spiro atoms. The molecule has 0 bridgehead atoms. The number of rotatable bonds is 3. The minimum atomic E-state index is -4.75. The second kappa shape index (κ2) is 6.16. The molecule has 0 atom stereocenters. The van der Waals surface area contributed by atoms with Crippen molar-refractivity contribution >= 4 is 31.4 Å². The van der Waals surface area contributed by atoms with Gasteiger partial charge in [0.25, 0.3) is 0 Å². The normalized spacial score (nSPS) is 12.7. The predicted molar refractivity (Wildman–Crippen MR) is 86.8 cm³/mol. The molecule has 0 aliphatic carbocycles. The molecule has 3 rings (SSSR count). The van der Waals surface area contributed by atoms with E-state index in [4.69, 9.17) is 0 Å². The average molecular weight is 452 g/mol. The van der Waals surface area contributed by atoms with Gasteiger partial charge < -0.3 is 0 Å². The first-order valence-corrected chi connectivity index (χ1v) is 9.42. The molecule has 0 radical (unpaired) electrons. The molecular weight excluding hydrogens is 443 g/mol. The number of fused-ring (bicyclic) bond motifs is 1. The number of halogens is 4. The summed E-state index contributed by atoms with van der Waals surface area (Å²) < 4.78 is 64.5. The van der Waals surface area contributed by atoms with E-state index in [0.717, 1.165) is 6.20 Å². The second-order valence-electron chi connectivity index (χ2n) is 5.07. The standard InChI is InChI=1S/C13H9BrF3N5O3S/c1-2-26(24,25)8-3-7(14)4-19-11(8)22-12(23)21-6-9(13(15,16)17)18-5-10(21)20-22/h3-6H,2H2,1H3. The summed E-state index contributed by atoms with van der Waals surface area (Å²) in [6.45, 7) is 1.41. The fraction of sp³-hybridized carbons (Fsp3) is 0.231. The summed E-state index contributed by atoms with van der Waals surface area (Å²) in [4.78, 5) is 19.3. The second-order valence-corrected chi connectivity index (χ2v) is 8.23. The van der Waals surface area contributed by atoms with E-state index in [0.29, 0.717) is 19.8 Å². The Labute approximate surface area is 152 Å². The quantitative estimate of drug-likeness (QED) is 0.602. The van der Waals surface area contributed by atoms with Gasteiger partial charge in [0.05, 0.1) is 11.9 Å². The van der Waals surface area contributed by atoms with Gasteiger partial charge in [0.2, 0.25) is 0 Å². The van der Waals surface area contributed by atoms with Gasteiger partial charge in [-0.1, -0.05) is 6.92 Å². The minimum absolute atomic E-state index is 0.187. The zero-order chi connectivity index (χ0) is 19.3. The maximum atomic E-state index is 12.8. The van der Waals surface area contributed by atoms with Gasteiger partial charge in [-0.2, -0.15) is 17.9 Å². The van der Waals surface area contributed by atoms with E-state index in [-0.39, 0.29) is 22.1 Å². The predicted octanol–water partition coefficient (Wildman–Crippen LogP) is 1.85. The van der Waals surface area contributed by atoms with Crippen molar-refractivity contribution in [2.75, 3.05) is 5.75 Å². The molecule has 0 aliphatic heterocycles. The lowest BCUT2D eigenvalue weighted by Gasteiger charge is -2.07. The molecule has 26 heavy (non-hydrogen) atoms. The van der Waals surface area contributed by atoms with E-state index < -0.39 is 27.4 Å². The molecule has 0 N–H and O–H groups in total. The molecule has 0 saturated carbocycles. The molecule has 0 aliphatic rings. The number of hydrogen-bond acceptors (Lipinski definition) is 6. The summed E-state index contributed by atoms with van der Waals surface area (Å²) in [6, 6.07) is 1.25. The van der Waals surface area contributed by atoms with Crippen molar-refractivity contribution in [3.05, 3.63) is 45.3 Å². The monoisotopic (exact) mass is 451 g/mol. The Morgan fingerprint density at radius 3 is 2.54 bits per heavy atom. The van der Waals surface area contributed by atoms with Gasteiger partial charge in [-0.15, -0.1) is 5.10 Å². The fourth-order valence-corrected chi connectivity index (χ4v) is 3.64. The molecule has 13 heteroatoms. The molecule has 138 valence electrons. The number of hydrogen-bond donors (Lipinski definition) is 0. The van der Waals surface area contributed by atoms with Crippen LogP contribution in [0.2, 0.25) is 0 Å². The molecular formula is C13H9BrF3N5O3S. The van der Waals surface area contributed by atoms with Gasteiger partial charge >= 0.3 is 11.9 Å². The van der Waals surface area contributed by atoms with Crippen LogP contribution < -0.4 is 5.69 Å². The smallest absolute Gasteiger partial charge is 0.246 e. The highest BCUT2D eigenvalue weighted by molar-refractivity contribution is 9.10. The summed E-state index contributed by atoms with van der Waals surface area (Å²) >= 11 is 3.10. The highest BCUT2D eigenvalue weighted by Crippen LogP contribution is 2.27. The van der Waals surface area contributed by atoms with Crippen LogP contribution in [0.4, 0.5) is 13.2 Å². The van der Waals surface area contributed by atoms with Gasteiger partial charge in [-0.25, -0.2) is 27.6 Å². The summed E-state index contributed by atoms with van der Waals surface area (Å²) in [5.41, 5.74) is -2.47. The molecule has 3 heterocycles. The number of alkyl halides is 3. The van der Waals surface area contributed by atoms with Crippen LogP contribution in [0.25, 0.3) is 11.5 Å². The third kappa shape index (κ3) is 3.11. The first kappa shape index (κ1) is 18.5. The number of pyridine rings is 1. The summed E-state index contributed by atoms with van der Waals surface area (Å²) in [5, 5.41) is 3.84. The van der Waals surface area contributed by atoms with Gasteiger partial charge in [-0.05, 0) is 22.0 Å². The molecule has 0 amide bonds. The number of sulfone groups is 1. The van der Waals surface area contributed by atoms with Crippen LogP contribution in [0, 0.1) is 0 Å². The SMILES string of the molecule is CCS(=O)(=O)c1cc(Br)cnc1-n1nc2cnc(C(F)(F)F)cn2c1=O. The van der Waals surface area contributed by atoms with Gasteiger partial charge in [-0.3, -0.25) is 0 Å². The minimum Gasteiger partial charge on any atom is -0.246 e. The highest BCUT2D eigenvalue weighted by Gasteiger charge is 2.33. The molecule has 3 aromatic heterocycles. The van der Waals surface area contributed by atoms with Crippen LogP contribution in [-0.4, -0.2) is 38.3 Å². The van der Waals surface area contributed by atoms with Crippen molar-refractivity contribution in [1.29, 1.82) is 0 Å². The Morgan fingerprint density at radius 2 is 1.92 bits per heavy atom. The van der Waals surface area contributed by atoms with Crippen LogP contribution in [-0.2, 0) is 16.0 Å². The highest BCUT2D eigenvalue weighted by atomic mass is 79.9. The number of nitrogens with zero attached hydrogens (tertiary/aromatic N) is 5. The Morgan fingerprint density at radius 1 is 1.23 bits per heavy atom. The largest absolute Gasteiger partial charge is 0.434 e. The van der Waals surface area contributed by atoms with Crippen molar-refractivity contribution in [3.63, 3.8) is 0 Å². The summed E-state index contributed by atoms with van der Waals surface area (Å²) in [7, 11) is -3.78. The van der Waals surface area contributed by atoms with Crippen molar-refractivity contribution in [2.45, 2.75) is 18.0 Å². The van der Waals surface area contributed by atoms with Gasteiger partial charge in [0.1, 0.15) is 4.90 Å². The van der Waals surface area contributed by atoms with Crippen molar-refractivity contribution in [1.82, 2.24) is 24.1 Å². The van der Waals surface area contributed by atoms with Gasteiger partial charge in [0.15, 0.2) is 27.0 Å². The Balaban J connectivity index is 2.31. The van der Waals surface area contributed by atoms with E-state index in [1.54, 1.807) is 0 Å². The zero-order valence-electron chi connectivity index (χ0n) is 12.9. The van der Waals surface area contributed by atoms with E-state index in [1.165, 1.54) is 19.2 Å². The van der Waals surface area contributed by atoms with Gasteiger partial charge in [0, 0.05) is 16.9 Å². The van der Waals surface area contributed by atoms with E-state index >= 15 is 0 Å². The van der Waals surface area contributed by atoms with Crippen molar-refractivity contribution in [3.8, 4) is 5.82 Å². The molecule has 0 fully saturated rings. The zero-order valence-corrected chi connectivity index (χ0v) is 15.3. The Hall–Kier alpha value is -2.28. The molecule has 0 unspecified atom stereocenters. The first-order valence-electron chi connectivity index (χ1n) is 6.98. The van der Waals surface area contributed by atoms with Crippen LogP contribution in [0.5, 0.6) is 0 Å². The van der Waals surface area contributed by atoms with Crippen molar-refractivity contribution < 1.29 is 21.6 Å². The molecule has 0 aromatic carbocycles. The number of aromatic nitrogens is 5. The van der Waals surface area contributed by atoms with Crippen molar-refractivity contribution in [2.24, 2.45) is 0 Å². The Kier molecular flexibility index (Phi) is 4.38. The summed E-state index contributed by atoms with van der Waals surface area (Å²) in [6.07, 6.45) is -2.23. The Bertz CT molecular complexity index is 1170. The first-order chi connectivity index (χ1) is 12.0. The third-order valence-corrected chi connectivity index (χ3v) is 5.58. The maximum Gasteiger partial charge on any atom is 0.434 e. The lowest BCUT2D eigenvalue weighted by molar-refractivity contribution is -0.141. The maximum absolute atomic E-state index is 12.8. The fourth-order valence-electron chi connectivity index (χ4n) is 2.13. The lowest BCUT2D eigenvalue weighted by atomic mass is 10.4. The average Bonchev–Trinajstić information content (AvgIpc) is 2.90.